The lowest BCUT2D eigenvalue weighted by atomic mass is 9.48. The van der Waals surface area contributed by atoms with E-state index in [0.717, 1.165) is 28.5 Å². The van der Waals surface area contributed by atoms with Crippen molar-refractivity contribution in [2.75, 3.05) is 17.2 Å². The lowest BCUT2D eigenvalue weighted by molar-refractivity contribution is -0.0505. The maximum atomic E-state index is 9.20. The van der Waals surface area contributed by atoms with E-state index < -0.39 is 0 Å². The minimum absolute atomic E-state index is 0.0858. The van der Waals surface area contributed by atoms with Crippen LogP contribution in [0.4, 0.5) is 17.5 Å². The Kier molecular flexibility index (Phi) is 4.80. The van der Waals surface area contributed by atoms with Gasteiger partial charge >= 0.3 is 0 Å². The number of aliphatic hydroxyl groups is 1. The van der Waals surface area contributed by atoms with Crippen molar-refractivity contribution in [2.45, 2.75) is 51.6 Å². The van der Waals surface area contributed by atoms with Crippen molar-refractivity contribution in [3.8, 4) is 0 Å². The standard InChI is InChI=1S/C24H29ClN6O/c1-24-9-14-6-15(10-24)21(16(7-14)11-24)29-22-18(25)12-26-23(30-22)28-17-2-3-20-19(8-17)27-13-31(20)4-5-32/h2-3,8,12-16,21,32H,4-7,9-11H2,1H3,(H2,26,28,29,30). The number of nitrogens with one attached hydrogen (secondary N) is 2. The summed E-state index contributed by atoms with van der Waals surface area (Å²) in [4.78, 5) is 13.6. The van der Waals surface area contributed by atoms with Crippen LogP contribution in [-0.2, 0) is 6.54 Å². The Bertz CT molecular complexity index is 1150. The lowest BCUT2D eigenvalue weighted by Gasteiger charge is -2.59. The summed E-state index contributed by atoms with van der Waals surface area (Å²) in [5.41, 5.74) is 3.25. The molecule has 2 aromatic heterocycles. The normalized spacial score (nSPS) is 30.7. The number of aliphatic hydroxyl groups excluding tert-OH is 1. The Morgan fingerprint density at radius 2 is 2.00 bits per heavy atom. The highest BCUT2D eigenvalue weighted by molar-refractivity contribution is 6.32. The second-order valence-corrected chi connectivity index (χ2v) is 10.7. The Morgan fingerprint density at radius 3 is 2.75 bits per heavy atom. The van der Waals surface area contributed by atoms with Crippen LogP contribution in [0, 0.1) is 23.2 Å². The number of aromatic nitrogens is 4. The molecule has 2 heterocycles. The molecule has 2 unspecified atom stereocenters. The van der Waals surface area contributed by atoms with Crippen LogP contribution in [0.1, 0.15) is 39.0 Å². The van der Waals surface area contributed by atoms with E-state index in [0.29, 0.717) is 40.8 Å². The van der Waals surface area contributed by atoms with Gasteiger partial charge in [0, 0.05) is 18.3 Å². The predicted octanol–water partition coefficient (Wildman–Crippen LogP) is 4.84. The van der Waals surface area contributed by atoms with Crippen LogP contribution in [0.5, 0.6) is 0 Å². The fourth-order valence-electron chi connectivity index (χ4n) is 6.91. The molecule has 0 spiro atoms. The Morgan fingerprint density at radius 1 is 1.19 bits per heavy atom. The van der Waals surface area contributed by atoms with Crippen LogP contribution in [0.25, 0.3) is 11.0 Å². The molecule has 0 saturated heterocycles. The fourth-order valence-corrected chi connectivity index (χ4v) is 7.06. The second kappa shape index (κ2) is 7.59. The number of hydrogen-bond donors (Lipinski definition) is 3. The molecule has 168 valence electrons. The summed E-state index contributed by atoms with van der Waals surface area (Å²) in [5.74, 6) is 3.57. The van der Waals surface area contributed by atoms with E-state index in [1.165, 1.54) is 32.1 Å². The van der Waals surface area contributed by atoms with E-state index in [4.69, 9.17) is 16.6 Å². The SMILES string of the molecule is CC12CC3CC(C1)C(Nc1nc(Nc4ccc5c(c4)ncn5CCO)ncc1Cl)C(C3)C2. The summed E-state index contributed by atoms with van der Waals surface area (Å²) in [6.07, 6.45) is 10.1. The molecule has 8 heteroatoms. The van der Waals surface area contributed by atoms with Gasteiger partial charge in [-0.15, -0.1) is 0 Å². The van der Waals surface area contributed by atoms with Gasteiger partial charge in [0.2, 0.25) is 5.95 Å². The molecule has 0 amide bonds. The fraction of sp³-hybridized carbons (Fsp3) is 0.542. The molecular formula is C24H29ClN6O. The molecule has 0 aliphatic heterocycles. The summed E-state index contributed by atoms with van der Waals surface area (Å²) < 4.78 is 1.94. The van der Waals surface area contributed by atoms with Crippen LogP contribution < -0.4 is 10.6 Å². The molecule has 7 nitrogen and oxygen atoms in total. The van der Waals surface area contributed by atoms with Crippen LogP contribution in [0.15, 0.2) is 30.7 Å². The average Bonchev–Trinajstić information content (AvgIpc) is 3.14. The molecule has 3 aromatic rings. The van der Waals surface area contributed by atoms with E-state index in [9.17, 15) is 5.11 Å². The van der Waals surface area contributed by atoms with E-state index in [2.05, 4.69) is 27.5 Å². The summed E-state index contributed by atoms with van der Waals surface area (Å²) in [6.45, 7) is 3.10. The number of fused-ring (bicyclic) bond motifs is 1. The van der Waals surface area contributed by atoms with Crippen LogP contribution in [-0.4, -0.2) is 37.3 Å². The number of halogens is 1. The predicted molar refractivity (Wildman–Crippen MR) is 126 cm³/mol. The highest BCUT2D eigenvalue weighted by Gasteiger charge is 2.53. The summed E-state index contributed by atoms with van der Waals surface area (Å²) >= 11 is 6.50. The van der Waals surface area contributed by atoms with Gasteiger partial charge in [-0.2, -0.15) is 4.98 Å². The monoisotopic (exact) mass is 452 g/mol. The Balaban J connectivity index is 1.21. The van der Waals surface area contributed by atoms with Crippen molar-refractivity contribution in [2.24, 2.45) is 23.2 Å². The molecule has 3 N–H and O–H groups in total. The van der Waals surface area contributed by atoms with E-state index in [1.54, 1.807) is 12.5 Å². The van der Waals surface area contributed by atoms with Crippen molar-refractivity contribution < 1.29 is 5.11 Å². The van der Waals surface area contributed by atoms with Crippen LogP contribution in [0.2, 0.25) is 5.02 Å². The molecule has 4 saturated carbocycles. The molecule has 4 fully saturated rings. The summed E-state index contributed by atoms with van der Waals surface area (Å²) in [7, 11) is 0. The molecule has 0 radical (unpaired) electrons. The number of rotatable bonds is 6. The van der Waals surface area contributed by atoms with Gasteiger partial charge < -0.3 is 20.3 Å². The van der Waals surface area contributed by atoms with Gasteiger partial charge in [0.15, 0.2) is 5.82 Å². The quantitative estimate of drug-likeness (QED) is 0.496. The summed E-state index contributed by atoms with van der Waals surface area (Å²) in [5, 5.41) is 16.8. The van der Waals surface area contributed by atoms with Crippen LogP contribution in [0.3, 0.4) is 0 Å². The van der Waals surface area contributed by atoms with Crippen molar-refractivity contribution in [1.29, 1.82) is 0 Å². The number of benzene rings is 1. The maximum Gasteiger partial charge on any atom is 0.229 e. The number of anilines is 3. The molecule has 4 bridgehead atoms. The van der Waals surface area contributed by atoms with Gasteiger partial charge in [0.05, 0.1) is 30.2 Å². The highest BCUT2D eigenvalue weighted by Crippen LogP contribution is 2.60. The Labute approximate surface area is 192 Å². The third-order valence-electron chi connectivity index (χ3n) is 7.84. The molecule has 4 aliphatic carbocycles. The van der Waals surface area contributed by atoms with Crippen molar-refractivity contribution in [3.63, 3.8) is 0 Å². The minimum atomic E-state index is 0.0858. The molecular weight excluding hydrogens is 424 g/mol. The molecule has 4 aliphatic rings. The smallest absolute Gasteiger partial charge is 0.229 e. The zero-order valence-corrected chi connectivity index (χ0v) is 19.0. The van der Waals surface area contributed by atoms with Gasteiger partial charge in [0.1, 0.15) is 5.02 Å². The largest absolute Gasteiger partial charge is 0.395 e. The third kappa shape index (κ3) is 3.52. The van der Waals surface area contributed by atoms with Crippen LogP contribution >= 0.6 is 11.6 Å². The molecule has 32 heavy (non-hydrogen) atoms. The number of nitrogens with zero attached hydrogens (tertiary/aromatic N) is 4. The third-order valence-corrected chi connectivity index (χ3v) is 8.12. The van der Waals surface area contributed by atoms with Gasteiger partial charge in [-0.3, -0.25) is 0 Å². The van der Waals surface area contributed by atoms with E-state index in [1.807, 2.05) is 22.8 Å². The van der Waals surface area contributed by atoms with E-state index in [-0.39, 0.29) is 6.61 Å². The number of hydrogen-bond acceptors (Lipinski definition) is 6. The lowest BCUT2D eigenvalue weighted by Crippen LogP contribution is -2.55. The van der Waals surface area contributed by atoms with Crippen molar-refractivity contribution >= 4 is 40.1 Å². The zero-order valence-electron chi connectivity index (χ0n) is 18.3. The number of imidazole rings is 1. The second-order valence-electron chi connectivity index (χ2n) is 10.3. The van der Waals surface area contributed by atoms with E-state index >= 15 is 0 Å². The van der Waals surface area contributed by atoms with Gasteiger partial charge in [-0.25, -0.2) is 9.97 Å². The van der Waals surface area contributed by atoms with Crippen molar-refractivity contribution in [1.82, 2.24) is 19.5 Å². The molecule has 7 rings (SSSR count). The van der Waals surface area contributed by atoms with Gasteiger partial charge in [-0.05, 0) is 73.5 Å². The highest BCUT2D eigenvalue weighted by atomic mass is 35.5. The first kappa shape index (κ1) is 20.2. The summed E-state index contributed by atoms with van der Waals surface area (Å²) in [6, 6.07) is 6.38. The zero-order chi connectivity index (χ0) is 21.9. The van der Waals surface area contributed by atoms with Gasteiger partial charge in [0.25, 0.3) is 0 Å². The first-order chi connectivity index (χ1) is 15.5. The topological polar surface area (TPSA) is 87.9 Å². The minimum Gasteiger partial charge on any atom is -0.395 e. The molecule has 1 aromatic carbocycles. The van der Waals surface area contributed by atoms with Crippen molar-refractivity contribution in [3.05, 3.63) is 35.7 Å². The van der Waals surface area contributed by atoms with Gasteiger partial charge in [-0.1, -0.05) is 18.5 Å². The first-order valence-corrected chi connectivity index (χ1v) is 12.0. The first-order valence-electron chi connectivity index (χ1n) is 11.6. The maximum absolute atomic E-state index is 9.20. The molecule has 2 atom stereocenters. The Hall–Kier alpha value is -2.38. The average molecular weight is 453 g/mol.